The Hall–Kier alpha value is -1.59. The average Bonchev–Trinajstić information content (AvgIpc) is 2.42. The van der Waals surface area contributed by atoms with E-state index in [0.717, 1.165) is 19.3 Å². The summed E-state index contributed by atoms with van der Waals surface area (Å²) >= 11 is 0. The zero-order valence-electron chi connectivity index (χ0n) is 11.3. The van der Waals surface area contributed by atoms with E-state index < -0.39 is 24.7 Å². The normalized spacial score (nSPS) is 16.4. The number of halogens is 3. The molecule has 1 atom stereocenters. The van der Waals surface area contributed by atoms with E-state index >= 15 is 0 Å². The molecule has 0 radical (unpaired) electrons. The molecule has 1 amide bonds. The zero-order chi connectivity index (χ0) is 14.8. The Kier molecular flexibility index (Phi) is 4.30. The third-order valence-electron chi connectivity index (χ3n) is 3.60. The maximum atomic E-state index is 12.1. The van der Waals surface area contributed by atoms with Gasteiger partial charge in [-0.1, -0.05) is 0 Å². The Balaban J connectivity index is 2.05. The smallest absolute Gasteiger partial charge is 0.341 e. The molecule has 0 aliphatic heterocycles. The molecule has 0 fully saturated rings. The van der Waals surface area contributed by atoms with Crippen molar-refractivity contribution in [3.8, 4) is 0 Å². The first kappa shape index (κ1) is 14.8. The average molecular weight is 287 g/mol. The van der Waals surface area contributed by atoms with Gasteiger partial charge in [0, 0.05) is 18.6 Å². The van der Waals surface area contributed by atoms with Crippen molar-refractivity contribution in [2.24, 2.45) is 0 Å². The van der Waals surface area contributed by atoms with Crippen LogP contribution in [-0.2, 0) is 17.6 Å². The minimum absolute atomic E-state index is 0.622. The quantitative estimate of drug-likeness (QED) is 0.849. The van der Waals surface area contributed by atoms with E-state index in [4.69, 9.17) is 0 Å². The number of rotatable bonds is 3. The Labute approximate surface area is 115 Å². The number of carbonyl (C=O) groups excluding carboxylic acids is 1. The SMILES string of the molecule is C[C@H](C(=O)NCC(F)(F)F)[n+]1ccc2c(c1)CCCC2. The van der Waals surface area contributed by atoms with Crippen molar-refractivity contribution in [3.63, 3.8) is 0 Å². The lowest BCUT2D eigenvalue weighted by Crippen LogP contribution is -2.48. The maximum Gasteiger partial charge on any atom is 0.405 e. The van der Waals surface area contributed by atoms with Crippen molar-refractivity contribution < 1.29 is 22.5 Å². The summed E-state index contributed by atoms with van der Waals surface area (Å²) in [4.78, 5) is 11.7. The summed E-state index contributed by atoms with van der Waals surface area (Å²) < 4.78 is 37.9. The largest absolute Gasteiger partial charge is 0.405 e. The first-order valence-corrected chi connectivity index (χ1v) is 6.74. The molecule has 0 bridgehead atoms. The molecule has 1 aliphatic rings. The van der Waals surface area contributed by atoms with Gasteiger partial charge in [0.25, 0.3) is 5.91 Å². The van der Waals surface area contributed by atoms with Crippen LogP contribution >= 0.6 is 0 Å². The van der Waals surface area contributed by atoms with Gasteiger partial charge >= 0.3 is 6.18 Å². The van der Waals surface area contributed by atoms with Crippen LogP contribution in [0.2, 0.25) is 0 Å². The van der Waals surface area contributed by atoms with Crippen molar-refractivity contribution in [3.05, 3.63) is 29.6 Å². The van der Waals surface area contributed by atoms with E-state index in [1.807, 2.05) is 17.6 Å². The molecule has 0 saturated heterocycles. The second-order valence-corrected chi connectivity index (χ2v) is 5.16. The monoisotopic (exact) mass is 287 g/mol. The molecule has 0 aromatic carbocycles. The second-order valence-electron chi connectivity index (χ2n) is 5.16. The van der Waals surface area contributed by atoms with Crippen LogP contribution in [0.3, 0.4) is 0 Å². The third kappa shape index (κ3) is 3.71. The fraction of sp³-hybridized carbons (Fsp3) is 0.571. The van der Waals surface area contributed by atoms with Gasteiger partial charge in [-0.05, 0) is 31.2 Å². The molecule has 1 N–H and O–H groups in total. The van der Waals surface area contributed by atoms with Crippen LogP contribution in [0.25, 0.3) is 0 Å². The molecule has 1 aromatic rings. The summed E-state index contributed by atoms with van der Waals surface area (Å²) in [7, 11) is 0. The van der Waals surface area contributed by atoms with Gasteiger partial charge in [0.15, 0.2) is 12.4 Å². The number of hydrogen-bond donors (Lipinski definition) is 1. The molecule has 6 heteroatoms. The fourth-order valence-electron chi connectivity index (χ4n) is 2.40. The van der Waals surface area contributed by atoms with Crippen molar-refractivity contribution in [2.75, 3.05) is 6.54 Å². The molecule has 3 nitrogen and oxygen atoms in total. The number of hydrogen-bond acceptors (Lipinski definition) is 1. The molecule has 0 spiro atoms. The van der Waals surface area contributed by atoms with Gasteiger partial charge in [0.2, 0.25) is 6.04 Å². The van der Waals surface area contributed by atoms with Crippen LogP contribution in [0.4, 0.5) is 13.2 Å². The highest BCUT2D eigenvalue weighted by Gasteiger charge is 2.31. The Morgan fingerprint density at radius 2 is 2.00 bits per heavy atom. The number of aromatic nitrogens is 1. The van der Waals surface area contributed by atoms with E-state index in [1.165, 1.54) is 17.5 Å². The van der Waals surface area contributed by atoms with E-state index in [9.17, 15) is 18.0 Å². The summed E-state index contributed by atoms with van der Waals surface area (Å²) in [6.45, 7) is 0.308. The molecule has 2 rings (SSSR count). The fourth-order valence-corrected chi connectivity index (χ4v) is 2.40. The van der Waals surface area contributed by atoms with Gasteiger partial charge in [-0.3, -0.25) is 4.79 Å². The van der Waals surface area contributed by atoms with Gasteiger partial charge < -0.3 is 5.32 Å². The highest BCUT2D eigenvalue weighted by molar-refractivity contribution is 5.78. The molecule has 1 aliphatic carbocycles. The van der Waals surface area contributed by atoms with Crippen LogP contribution in [-0.4, -0.2) is 18.6 Å². The highest BCUT2D eigenvalue weighted by atomic mass is 19.4. The number of pyridine rings is 1. The van der Waals surface area contributed by atoms with Gasteiger partial charge in [-0.15, -0.1) is 0 Å². The summed E-state index contributed by atoms with van der Waals surface area (Å²) in [5, 5.41) is 1.92. The predicted molar refractivity (Wildman–Crippen MR) is 67.1 cm³/mol. The number of nitrogens with zero attached hydrogens (tertiary/aromatic N) is 1. The van der Waals surface area contributed by atoms with Gasteiger partial charge in [0.05, 0.1) is 0 Å². The number of fused-ring (bicyclic) bond motifs is 1. The standard InChI is InChI=1S/C14H17F3N2O/c1-10(13(20)18-9-14(15,16)17)19-7-6-11-4-2-3-5-12(11)8-19/h6-8,10H,2-5,9H2,1H3/p+1/t10-/m1/s1. The lowest BCUT2D eigenvalue weighted by molar-refractivity contribution is -0.706. The van der Waals surface area contributed by atoms with Crippen molar-refractivity contribution >= 4 is 5.91 Å². The van der Waals surface area contributed by atoms with E-state index in [0.29, 0.717) is 0 Å². The molecular formula is C14H18F3N2O+. The molecule has 20 heavy (non-hydrogen) atoms. The number of carbonyl (C=O) groups is 1. The first-order chi connectivity index (χ1) is 9.37. The van der Waals surface area contributed by atoms with Crippen LogP contribution in [0.5, 0.6) is 0 Å². The lowest BCUT2D eigenvalue weighted by Gasteiger charge is -2.15. The summed E-state index contributed by atoms with van der Waals surface area (Å²) in [6.07, 6.45) is 3.55. The van der Waals surface area contributed by atoms with Gasteiger partial charge in [-0.25, -0.2) is 0 Å². The molecule has 1 aromatic heterocycles. The Bertz CT molecular complexity index is 500. The summed E-state index contributed by atoms with van der Waals surface area (Å²) in [5.41, 5.74) is 2.46. The molecular weight excluding hydrogens is 269 g/mol. The van der Waals surface area contributed by atoms with Crippen LogP contribution < -0.4 is 9.88 Å². The van der Waals surface area contributed by atoms with Gasteiger partial charge in [-0.2, -0.15) is 17.7 Å². The zero-order valence-corrected chi connectivity index (χ0v) is 11.3. The Morgan fingerprint density at radius 3 is 2.65 bits per heavy atom. The number of aryl methyl sites for hydroxylation is 2. The first-order valence-electron chi connectivity index (χ1n) is 6.74. The maximum absolute atomic E-state index is 12.1. The van der Waals surface area contributed by atoms with Crippen molar-refractivity contribution in [1.29, 1.82) is 0 Å². The topological polar surface area (TPSA) is 33.0 Å². The number of alkyl halides is 3. The predicted octanol–water partition coefficient (Wildman–Crippen LogP) is 2.09. The molecule has 1 heterocycles. The summed E-state index contributed by atoms with van der Waals surface area (Å²) in [6, 6.07) is 1.31. The van der Waals surface area contributed by atoms with Crippen molar-refractivity contribution in [2.45, 2.75) is 44.8 Å². The number of nitrogens with one attached hydrogen (secondary N) is 1. The molecule has 0 unspecified atom stereocenters. The third-order valence-corrected chi connectivity index (χ3v) is 3.60. The van der Waals surface area contributed by atoms with Crippen LogP contribution in [0.15, 0.2) is 18.5 Å². The van der Waals surface area contributed by atoms with Crippen molar-refractivity contribution in [1.82, 2.24) is 5.32 Å². The summed E-state index contributed by atoms with van der Waals surface area (Å²) in [5.74, 6) is -0.622. The van der Waals surface area contributed by atoms with E-state index in [2.05, 4.69) is 0 Å². The van der Waals surface area contributed by atoms with Crippen LogP contribution in [0, 0.1) is 0 Å². The molecule has 0 saturated carbocycles. The molecule has 110 valence electrons. The lowest BCUT2D eigenvalue weighted by atomic mass is 9.93. The van der Waals surface area contributed by atoms with Gasteiger partial charge in [0.1, 0.15) is 6.54 Å². The van der Waals surface area contributed by atoms with E-state index in [-0.39, 0.29) is 0 Å². The van der Waals surface area contributed by atoms with Crippen LogP contribution in [0.1, 0.15) is 36.9 Å². The Morgan fingerprint density at radius 1 is 1.35 bits per heavy atom. The number of amides is 1. The minimum atomic E-state index is -4.38. The highest BCUT2D eigenvalue weighted by Crippen LogP contribution is 2.19. The minimum Gasteiger partial charge on any atom is -0.341 e. The second kappa shape index (κ2) is 5.81. The van der Waals surface area contributed by atoms with E-state index in [1.54, 1.807) is 17.7 Å².